The van der Waals surface area contributed by atoms with Crippen LogP contribution in [0.3, 0.4) is 0 Å². The molecule has 6 heteroatoms. The van der Waals surface area contributed by atoms with E-state index in [9.17, 15) is 8.42 Å². The van der Waals surface area contributed by atoms with E-state index in [4.69, 9.17) is 0 Å². The molecule has 21 heavy (non-hydrogen) atoms. The van der Waals surface area contributed by atoms with Gasteiger partial charge in [-0.1, -0.05) is 20.8 Å². The molecule has 5 nitrogen and oxygen atoms in total. The maximum Gasteiger partial charge on any atom is 0.281 e. The maximum absolute atomic E-state index is 12.8. The summed E-state index contributed by atoms with van der Waals surface area (Å²) >= 11 is 0. The van der Waals surface area contributed by atoms with Gasteiger partial charge in [0.2, 0.25) is 0 Å². The van der Waals surface area contributed by atoms with E-state index in [2.05, 4.69) is 26.1 Å². The molecule has 0 radical (unpaired) electrons. The van der Waals surface area contributed by atoms with Crippen molar-refractivity contribution in [1.29, 1.82) is 0 Å². The predicted molar refractivity (Wildman–Crippen MR) is 86.3 cm³/mol. The minimum atomic E-state index is -3.26. The zero-order chi connectivity index (χ0) is 15.5. The minimum Gasteiger partial charge on any atom is -0.317 e. The lowest BCUT2D eigenvalue weighted by molar-refractivity contribution is 0.188. The first-order valence-corrected chi connectivity index (χ1v) is 9.80. The van der Waals surface area contributed by atoms with Crippen molar-refractivity contribution in [2.75, 3.05) is 39.3 Å². The Morgan fingerprint density at radius 2 is 1.76 bits per heavy atom. The van der Waals surface area contributed by atoms with Crippen molar-refractivity contribution in [1.82, 2.24) is 13.9 Å². The lowest BCUT2D eigenvalue weighted by Gasteiger charge is -2.39. The van der Waals surface area contributed by atoms with Crippen LogP contribution < -0.4 is 5.32 Å². The van der Waals surface area contributed by atoms with Gasteiger partial charge in [0.1, 0.15) is 0 Å². The molecular formula is C15H31N3O2S. The lowest BCUT2D eigenvalue weighted by atomic mass is 9.90. The highest BCUT2D eigenvalue weighted by Crippen LogP contribution is 2.27. The Hall–Kier alpha value is -0.170. The molecule has 0 saturated carbocycles. The normalized spacial score (nSPS) is 33.2. The van der Waals surface area contributed by atoms with Crippen molar-refractivity contribution in [3.05, 3.63) is 0 Å². The van der Waals surface area contributed by atoms with E-state index in [0.717, 1.165) is 32.4 Å². The minimum absolute atomic E-state index is 0.453. The maximum atomic E-state index is 12.8. The van der Waals surface area contributed by atoms with Crippen LogP contribution in [0.15, 0.2) is 0 Å². The number of nitrogens with zero attached hydrogens (tertiary/aromatic N) is 2. The molecule has 0 aromatic carbocycles. The third kappa shape index (κ3) is 4.18. The fourth-order valence-corrected chi connectivity index (χ4v) is 5.19. The molecule has 2 rings (SSSR count). The smallest absolute Gasteiger partial charge is 0.281 e. The predicted octanol–water partition coefficient (Wildman–Crippen LogP) is 1.53. The quantitative estimate of drug-likeness (QED) is 0.837. The van der Waals surface area contributed by atoms with Gasteiger partial charge in [-0.25, -0.2) is 0 Å². The Kier molecular flexibility index (Phi) is 6.05. The first-order valence-electron chi connectivity index (χ1n) is 8.41. The van der Waals surface area contributed by atoms with E-state index in [1.54, 1.807) is 8.61 Å². The van der Waals surface area contributed by atoms with Crippen LogP contribution in [0.1, 0.15) is 40.0 Å². The second-order valence-electron chi connectivity index (χ2n) is 6.78. The van der Waals surface area contributed by atoms with Crippen molar-refractivity contribution >= 4 is 10.2 Å². The van der Waals surface area contributed by atoms with Crippen LogP contribution in [0.25, 0.3) is 0 Å². The largest absolute Gasteiger partial charge is 0.317 e. The van der Waals surface area contributed by atoms with Crippen LogP contribution in [-0.4, -0.2) is 56.3 Å². The number of rotatable bonds is 5. The lowest BCUT2D eigenvalue weighted by Crippen LogP contribution is -2.52. The molecule has 2 saturated heterocycles. The molecule has 3 unspecified atom stereocenters. The number of piperidine rings is 2. The Labute approximate surface area is 130 Å². The van der Waals surface area contributed by atoms with Crippen molar-refractivity contribution in [2.24, 2.45) is 17.8 Å². The van der Waals surface area contributed by atoms with Gasteiger partial charge in [-0.05, 0) is 50.1 Å². The summed E-state index contributed by atoms with van der Waals surface area (Å²) in [6.07, 6.45) is 3.09. The molecule has 3 atom stereocenters. The molecule has 2 heterocycles. The Bertz CT molecular complexity index is 427. The summed E-state index contributed by atoms with van der Waals surface area (Å²) in [4.78, 5) is 0. The van der Waals surface area contributed by atoms with E-state index in [1.807, 2.05) is 0 Å². The summed E-state index contributed by atoms with van der Waals surface area (Å²) in [6, 6.07) is 0. The molecule has 124 valence electrons. The summed E-state index contributed by atoms with van der Waals surface area (Å²) < 4.78 is 29.1. The summed E-state index contributed by atoms with van der Waals surface area (Å²) in [5.74, 6) is 1.53. The van der Waals surface area contributed by atoms with Crippen LogP contribution in [0.2, 0.25) is 0 Å². The van der Waals surface area contributed by atoms with E-state index in [0.29, 0.717) is 43.9 Å². The third-order valence-electron chi connectivity index (χ3n) is 5.11. The van der Waals surface area contributed by atoms with Crippen LogP contribution in [0.4, 0.5) is 0 Å². The highest BCUT2D eigenvalue weighted by molar-refractivity contribution is 7.86. The molecule has 0 aromatic heterocycles. The van der Waals surface area contributed by atoms with Gasteiger partial charge in [0, 0.05) is 26.2 Å². The zero-order valence-electron chi connectivity index (χ0n) is 13.7. The molecule has 0 amide bonds. The highest BCUT2D eigenvalue weighted by atomic mass is 32.2. The Morgan fingerprint density at radius 1 is 1.05 bits per heavy atom. The standard InChI is InChI=1S/C15H31N3O2S/c1-4-16-10-15-6-5-8-17(12-15)21(19,20)18-9-7-13(2)14(3)11-18/h13-16H,4-12H2,1-3H3. The van der Waals surface area contributed by atoms with Gasteiger partial charge in [0.15, 0.2) is 0 Å². The first kappa shape index (κ1) is 17.2. The fourth-order valence-electron chi connectivity index (χ4n) is 3.35. The Balaban J connectivity index is 1.98. The van der Waals surface area contributed by atoms with Crippen molar-refractivity contribution in [3.63, 3.8) is 0 Å². The van der Waals surface area contributed by atoms with Crippen molar-refractivity contribution in [3.8, 4) is 0 Å². The van der Waals surface area contributed by atoms with E-state index < -0.39 is 10.2 Å². The summed E-state index contributed by atoms with van der Waals surface area (Å²) in [7, 11) is -3.26. The molecular weight excluding hydrogens is 286 g/mol. The van der Waals surface area contributed by atoms with Gasteiger partial charge >= 0.3 is 0 Å². The molecule has 0 spiro atoms. The van der Waals surface area contributed by atoms with Crippen LogP contribution >= 0.6 is 0 Å². The topological polar surface area (TPSA) is 52.7 Å². The second kappa shape index (κ2) is 7.40. The van der Waals surface area contributed by atoms with E-state index in [1.165, 1.54) is 0 Å². The average Bonchev–Trinajstić information content (AvgIpc) is 2.48. The van der Waals surface area contributed by atoms with Crippen molar-refractivity contribution < 1.29 is 8.42 Å². The molecule has 0 bridgehead atoms. The molecule has 2 fully saturated rings. The second-order valence-corrected chi connectivity index (χ2v) is 8.71. The average molecular weight is 317 g/mol. The van der Waals surface area contributed by atoms with Gasteiger partial charge < -0.3 is 5.32 Å². The molecule has 2 aliphatic heterocycles. The third-order valence-corrected chi connectivity index (χ3v) is 7.08. The van der Waals surface area contributed by atoms with Gasteiger partial charge in [-0.15, -0.1) is 0 Å². The van der Waals surface area contributed by atoms with Crippen LogP contribution in [0.5, 0.6) is 0 Å². The molecule has 1 N–H and O–H groups in total. The van der Waals surface area contributed by atoms with Gasteiger partial charge in [-0.2, -0.15) is 17.0 Å². The van der Waals surface area contributed by atoms with E-state index >= 15 is 0 Å². The summed E-state index contributed by atoms with van der Waals surface area (Å²) in [5, 5.41) is 3.35. The number of nitrogens with one attached hydrogen (secondary N) is 1. The summed E-state index contributed by atoms with van der Waals surface area (Å²) in [6.45, 7) is 11.1. The summed E-state index contributed by atoms with van der Waals surface area (Å²) in [5.41, 5.74) is 0. The van der Waals surface area contributed by atoms with Gasteiger partial charge in [0.05, 0.1) is 0 Å². The monoisotopic (exact) mass is 317 g/mol. The molecule has 2 aliphatic rings. The molecule has 0 aromatic rings. The molecule has 0 aliphatic carbocycles. The fraction of sp³-hybridized carbons (Fsp3) is 1.00. The first-order chi connectivity index (χ1) is 9.95. The zero-order valence-corrected chi connectivity index (χ0v) is 14.5. The number of hydrogen-bond acceptors (Lipinski definition) is 3. The SMILES string of the molecule is CCNCC1CCCN(S(=O)(=O)N2CCC(C)C(C)C2)C1. The van der Waals surface area contributed by atoms with E-state index in [-0.39, 0.29) is 0 Å². The van der Waals surface area contributed by atoms with Crippen LogP contribution in [0, 0.1) is 17.8 Å². The highest BCUT2D eigenvalue weighted by Gasteiger charge is 2.36. The van der Waals surface area contributed by atoms with Crippen molar-refractivity contribution in [2.45, 2.75) is 40.0 Å². The number of hydrogen-bond donors (Lipinski definition) is 1. The van der Waals surface area contributed by atoms with Gasteiger partial charge in [-0.3, -0.25) is 0 Å². The Morgan fingerprint density at radius 3 is 2.43 bits per heavy atom. The van der Waals surface area contributed by atoms with Gasteiger partial charge in [0.25, 0.3) is 10.2 Å². The van der Waals surface area contributed by atoms with Crippen LogP contribution in [-0.2, 0) is 10.2 Å².